The van der Waals surface area contributed by atoms with Crippen LogP contribution in [0.4, 0.5) is 0 Å². The maximum absolute atomic E-state index is 12.6. The number of ether oxygens (including phenoxy) is 1. The molecule has 122 valence electrons. The summed E-state index contributed by atoms with van der Waals surface area (Å²) in [7, 11) is 1.54. The molecule has 0 aliphatic carbocycles. The summed E-state index contributed by atoms with van der Waals surface area (Å²) in [6, 6.07) is 12.9. The van der Waals surface area contributed by atoms with Gasteiger partial charge in [-0.2, -0.15) is 0 Å². The van der Waals surface area contributed by atoms with Crippen molar-refractivity contribution in [3.63, 3.8) is 0 Å². The minimum atomic E-state index is -0.402. The van der Waals surface area contributed by atoms with Gasteiger partial charge in [0, 0.05) is 6.54 Å². The molecule has 24 heavy (non-hydrogen) atoms. The minimum Gasteiger partial charge on any atom is -0.497 e. The molecule has 0 fully saturated rings. The van der Waals surface area contributed by atoms with Crippen LogP contribution in [0.5, 0.6) is 5.75 Å². The van der Waals surface area contributed by atoms with E-state index in [0.717, 1.165) is 11.1 Å². The lowest BCUT2D eigenvalue weighted by Gasteiger charge is -2.08. The van der Waals surface area contributed by atoms with E-state index in [0.29, 0.717) is 29.6 Å². The van der Waals surface area contributed by atoms with Gasteiger partial charge < -0.3 is 9.72 Å². The number of aromatic nitrogens is 2. The molecule has 0 radical (unpaired) electrons. The van der Waals surface area contributed by atoms with Gasteiger partial charge >= 0.3 is 5.69 Å². The number of H-pyrrole nitrogens is 1. The number of hydrogen-bond donors (Lipinski definition) is 1. The van der Waals surface area contributed by atoms with Crippen molar-refractivity contribution in [2.24, 2.45) is 0 Å². The van der Waals surface area contributed by atoms with E-state index < -0.39 is 5.69 Å². The second-order valence-corrected chi connectivity index (χ2v) is 5.49. The monoisotopic (exact) mass is 322 g/mol. The van der Waals surface area contributed by atoms with Gasteiger partial charge in [0.25, 0.3) is 5.56 Å². The zero-order valence-electron chi connectivity index (χ0n) is 13.4. The third-order valence-corrected chi connectivity index (χ3v) is 4.03. The van der Waals surface area contributed by atoms with Crippen molar-refractivity contribution in [2.75, 3.05) is 7.11 Å². The number of aromatic amines is 1. The highest BCUT2D eigenvalue weighted by molar-refractivity contribution is 5.78. The molecule has 5 nitrogen and oxygen atoms in total. The molecule has 3 aromatic rings. The Morgan fingerprint density at radius 3 is 2.58 bits per heavy atom. The molecule has 0 amide bonds. The molecule has 0 bridgehead atoms. The van der Waals surface area contributed by atoms with Crippen molar-refractivity contribution >= 4 is 17.0 Å². The number of rotatable bonds is 5. The second kappa shape index (κ2) is 6.58. The molecular formula is C19H18N2O3. The fourth-order valence-electron chi connectivity index (χ4n) is 2.62. The Morgan fingerprint density at radius 1 is 1.17 bits per heavy atom. The third kappa shape index (κ3) is 3.01. The molecule has 2 aromatic carbocycles. The Balaban J connectivity index is 1.94. The number of nitrogens with one attached hydrogen (secondary N) is 1. The lowest BCUT2D eigenvalue weighted by molar-refractivity contribution is 0.415. The van der Waals surface area contributed by atoms with E-state index in [1.54, 1.807) is 24.3 Å². The number of benzene rings is 2. The van der Waals surface area contributed by atoms with Crippen LogP contribution in [0.2, 0.25) is 0 Å². The molecule has 1 N–H and O–H groups in total. The van der Waals surface area contributed by atoms with Gasteiger partial charge in [-0.25, -0.2) is 4.79 Å². The highest BCUT2D eigenvalue weighted by atomic mass is 16.5. The molecule has 0 saturated carbocycles. The van der Waals surface area contributed by atoms with Crippen molar-refractivity contribution in [3.8, 4) is 5.75 Å². The average Bonchev–Trinajstić information content (AvgIpc) is 2.62. The Labute approximate surface area is 138 Å². The lowest BCUT2D eigenvalue weighted by Crippen LogP contribution is -2.35. The molecule has 1 heterocycles. The SMILES string of the molecule is C=Cc1ccc(CCn2c(=O)[nH]c3ccc(OC)cc3c2=O)cc1. The van der Waals surface area contributed by atoms with Crippen molar-refractivity contribution in [1.82, 2.24) is 9.55 Å². The fourth-order valence-corrected chi connectivity index (χ4v) is 2.62. The predicted octanol–water partition coefficient (Wildman–Crippen LogP) is 2.58. The first-order chi connectivity index (χ1) is 11.6. The topological polar surface area (TPSA) is 64.1 Å². The highest BCUT2D eigenvalue weighted by Gasteiger charge is 2.08. The molecule has 0 atom stereocenters. The molecule has 1 aromatic heterocycles. The van der Waals surface area contributed by atoms with Crippen LogP contribution in [0, 0.1) is 0 Å². The van der Waals surface area contributed by atoms with Crippen LogP contribution < -0.4 is 16.0 Å². The van der Waals surface area contributed by atoms with Gasteiger partial charge in [-0.05, 0) is 35.7 Å². The van der Waals surface area contributed by atoms with Crippen molar-refractivity contribution in [2.45, 2.75) is 13.0 Å². The number of methoxy groups -OCH3 is 1. The summed E-state index contributed by atoms with van der Waals surface area (Å²) in [6.45, 7) is 4.03. The Morgan fingerprint density at radius 2 is 1.92 bits per heavy atom. The van der Waals surface area contributed by atoms with Gasteiger partial charge in [0.2, 0.25) is 0 Å². The van der Waals surface area contributed by atoms with E-state index in [2.05, 4.69) is 11.6 Å². The molecule has 3 rings (SSSR count). The third-order valence-electron chi connectivity index (χ3n) is 4.03. The van der Waals surface area contributed by atoms with E-state index in [-0.39, 0.29) is 5.56 Å². The van der Waals surface area contributed by atoms with Crippen molar-refractivity contribution < 1.29 is 4.74 Å². The number of nitrogens with zero attached hydrogens (tertiary/aromatic N) is 1. The molecule has 5 heteroatoms. The second-order valence-electron chi connectivity index (χ2n) is 5.49. The van der Waals surface area contributed by atoms with Crippen LogP contribution in [-0.2, 0) is 13.0 Å². The zero-order valence-corrected chi connectivity index (χ0v) is 13.4. The van der Waals surface area contributed by atoms with Gasteiger partial charge in [0.15, 0.2) is 0 Å². The average molecular weight is 322 g/mol. The van der Waals surface area contributed by atoms with Gasteiger partial charge in [-0.1, -0.05) is 36.9 Å². The fraction of sp³-hybridized carbons (Fsp3) is 0.158. The Hall–Kier alpha value is -3.08. The highest BCUT2D eigenvalue weighted by Crippen LogP contribution is 2.15. The summed E-state index contributed by atoms with van der Waals surface area (Å²) in [4.78, 5) is 27.5. The first kappa shape index (κ1) is 15.8. The summed E-state index contributed by atoms with van der Waals surface area (Å²) < 4.78 is 6.38. The summed E-state index contributed by atoms with van der Waals surface area (Å²) in [5, 5.41) is 0.441. The van der Waals surface area contributed by atoms with Gasteiger partial charge in [-0.3, -0.25) is 9.36 Å². The predicted molar refractivity (Wildman–Crippen MR) is 95.6 cm³/mol. The summed E-state index contributed by atoms with van der Waals surface area (Å²) >= 11 is 0. The quantitative estimate of drug-likeness (QED) is 0.785. The zero-order chi connectivity index (χ0) is 17.1. The van der Waals surface area contributed by atoms with Crippen molar-refractivity contribution in [3.05, 3.63) is 81.0 Å². The van der Waals surface area contributed by atoms with Crippen LogP contribution in [0.3, 0.4) is 0 Å². The van der Waals surface area contributed by atoms with Gasteiger partial charge in [0.05, 0.1) is 18.0 Å². The van der Waals surface area contributed by atoms with Crippen LogP contribution in [-0.4, -0.2) is 16.7 Å². The largest absolute Gasteiger partial charge is 0.497 e. The Bertz CT molecular complexity index is 998. The summed E-state index contributed by atoms with van der Waals surface area (Å²) in [6.07, 6.45) is 2.37. The Kier molecular flexibility index (Phi) is 4.33. The van der Waals surface area contributed by atoms with E-state index in [1.165, 1.54) is 11.7 Å². The molecule has 0 aliphatic rings. The van der Waals surface area contributed by atoms with Crippen molar-refractivity contribution in [1.29, 1.82) is 0 Å². The molecule has 0 unspecified atom stereocenters. The van der Waals surface area contributed by atoms with E-state index in [4.69, 9.17) is 4.74 Å². The molecule has 0 saturated heterocycles. The lowest BCUT2D eigenvalue weighted by atomic mass is 10.1. The first-order valence-corrected chi connectivity index (χ1v) is 7.64. The normalized spacial score (nSPS) is 10.7. The van der Waals surface area contributed by atoms with E-state index in [1.807, 2.05) is 24.3 Å². The van der Waals surface area contributed by atoms with Gasteiger partial charge in [-0.15, -0.1) is 0 Å². The summed E-state index contributed by atoms with van der Waals surface area (Å²) in [5.41, 5.74) is 1.89. The maximum atomic E-state index is 12.6. The number of hydrogen-bond acceptors (Lipinski definition) is 3. The van der Waals surface area contributed by atoms with Crippen LogP contribution in [0.25, 0.3) is 17.0 Å². The molecular weight excluding hydrogens is 304 g/mol. The van der Waals surface area contributed by atoms with Crippen LogP contribution in [0.15, 0.2) is 58.6 Å². The van der Waals surface area contributed by atoms with Crippen LogP contribution >= 0.6 is 0 Å². The van der Waals surface area contributed by atoms with Crippen LogP contribution in [0.1, 0.15) is 11.1 Å². The molecule has 0 aliphatic heterocycles. The molecule has 0 spiro atoms. The van der Waals surface area contributed by atoms with E-state index >= 15 is 0 Å². The standard InChI is InChI=1S/C19H18N2O3/c1-3-13-4-6-14(7-5-13)10-11-21-18(22)16-12-15(24-2)8-9-17(16)20-19(21)23/h3-9,12H,1,10-11H2,2H3,(H,20,23). The van der Waals surface area contributed by atoms with E-state index in [9.17, 15) is 9.59 Å². The number of aryl methyl sites for hydroxylation is 1. The first-order valence-electron chi connectivity index (χ1n) is 7.64. The minimum absolute atomic E-state index is 0.310. The summed E-state index contributed by atoms with van der Waals surface area (Å²) in [5.74, 6) is 0.582. The van der Waals surface area contributed by atoms with Gasteiger partial charge in [0.1, 0.15) is 5.75 Å². The smallest absolute Gasteiger partial charge is 0.328 e. The maximum Gasteiger partial charge on any atom is 0.328 e. The number of fused-ring (bicyclic) bond motifs is 1.